The van der Waals surface area contributed by atoms with Gasteiger partial charge in [0, 0.05) is 24.0 Å². The van der Waals surface area contributed by atoms with Crippen LogP contribution in [-0.4, -0.2) is 52.2 Å². The molecule has 26 heavy (non-hydrogen) atoms. The topological polar surface area (TPSA) is 109 Å². The molecule has 3 aromatic rings. The van der Waals surface area contributed by atoms with Crippen molar-refractivity contribution in [1.82, 2.24) is 19.7 Å². The minimum absolute atomic E-state index is 0.0700. The molecule has 2 heterocycles. The number of benzene rings is 1. The number of ether oxygens (including phenoxy) is 3. The van der Waals surface area contributed by atoms with E-state index in [1.54, 1.807) is 29.2 Å². The Hall–Kier alpha value is -3.62. The molecule has 3 rings (SSSR count). The maximum absolute atomic E-state index is 11.7. The maximum Gasteiger partial charge on any atom is 0.339 e. The van der Waals surface area contributed by atoms with Crippen LogP contribution in [-0.2, 0) is 0 Å². The second-order valence-corrected chi connectivity index (χ2v) is 5.09. The number of aromatic nitrogens is 4. The van der Waals surface area contributed by atoms with Gasteiger partial charge in [0.05, 0.1) is 27.0 Å². The molecule has 2 aromatic heterocycles. The van der Waals surface area contributed by atoms with Gasteiger partial charge in [0.2, 0.25) is 5.75 Å². The van der Waals surface area contributed by atoms with Gasteiger partial charge in [-0.1, -0.05) is 0 Å². The Morgan fingerprint density at radius 3 is 2.35 bits per heavy atom. The number of carbonyl (C=O) groups is 1. The Labute approximate surface area is 148 Å². The Bertz CT molecular complexity index is 941. The van der Waals surface area contributed by atoms with E-state index in [1.807, 2.05) is 0 Å². The van der Waals surface area contributed by atoms with Crippen molar-refractivity contribution in [3.63, 3.8) is 0 Å². The van der Waals surface area contributed by atoms with Gasteiger partial charge in [0.15, 0.2) is 17.3 Å². The van der Waals surface area contributed by atoms with Crippen LogP contribution in [0, 0.1) is 0 Å². The molecule has 0 radical (unpaired) electrons. The maximum atomic E-state index is 11.7. The second kappa shape index (κ2) is 7.09. The Morgan fingerprint density at radius 2 is 1.77 bits per heavy atom. The smallest absolute Gasteiger partial charge is 0.339 e. The number of rotatable bonds is 6. The summed E-state index contributed by atoms with van der Waals surface area (Å²) in [6, 6.07) is 4.86. The first-order chi connectivity index (χ1) is 12.6. The van der Waals surface area contributed by atoms with Crippen molar-refractivity contribution in [3.05, 3.63) is 42.5 Å². The van der Waals surface area contributed by atoms with Crippen molar-refractivity contribution in [1.29, 1.82) is 0 Å². The SMILES string of the molecule is COc1c(C(=O)O)cc(-c2cc(-n3cccn3)ncn2)c(OC)c1OC. The van der Waals surface area contributed by atoms with Crippen molar-refractivity contribution >= 4 is 5.97 Å². The van der Waals surface area contributed by atoms with Gasteiger partial charge in [0.25, 0.3) is 0 Å². The molecule has 0 aliphatic carbocycles. The van der Waals surface area contributed by atoms with E-state index < -0.39 is 5.97 Å². The van der Waals surface area contributed by atoms with Crippen LogP contribution in [0.15, 0.2) is 36.9 Å². The lowest BCUT2D eigenvalue weighted by Gasteiger charge is -2.17. The van der Waals surface area contributed by atoms with E-state index >= 15 is 0 Å². The van der Waals surface area contributed by atoms with Crippen LogP contribution in [0.2, 0.25) is 0 Å². The molecule has 9 nitrogen and oxygen atoms in total. The standard InChI is InChI=1S/C17H16N4O5/c1-24-14-10(7-11(17(22)23)15(25-2)16(14)26-3)12-8-13(19-9-18-12)21-6-4-5-20-21/h4-9H,1-3H3,(H,22,23). The van der Waals surface area contributed by atoms with Crippen molar-refractivity contribution < 1.29 is 24.1 Å². The molecule has 0 aliphatic rings. The van der Waals surface area contributed by atoms with Crippen molar-refractivity contribution in [2.24, 2.45) is 0 Å². The van der Waals surface area contributed by atoms with E-state index in [1.165, 1.54) is 33.7 Å². The monoisotopic (exact) mass is 356 g/mol. The molecule has 0 atom stereocenters. The fourth-order valence-corrected chi connectivity index (χ4v) is 2.59. The number of methoxy groups -OCH3 is 3. The molecular formula is C17H16N4O5. The summed E-state index contributed by atoms with van der Waals surface area (Å²) >= 11 is 0. The van der Waals surface area contributed by atoms with Gasteiger partial charge in [-0.3, -0.25) is 0 Å². The molecule has 0 fully saturated rings. The fourth-order valence-electron chi connectivity index (χ4n) is 2.59. The van der Waals surface area contributed by atoms with Crippen LogP contribution >= 0.6 is 0 Å². The van der Waals surface area contributed by atoms with E-state index in [9.17, 15) is 9.90 Å². The van der Waals surface area contributed by atoms with Crippen molar-refractivity contribution in [2.75, 3.05) is 21.3 Å². The number of carboxylic acid groups (broad SMARTS) is 1. The molecule has 134 valence electrons. The number of hydrogen-bond donors (Lipinski definition) is 1. The third-order valence-corrected chi connectivity index (χ3v) is 3.70. The van der Waals surface area contributed by atoms with Crippen LogP contribution in [0.25, 0.3) is 17.1 Å². The lowest BCUT2D eigenvalue weighted by Crippen LogP contribution is -2.06. The summed E-state index contributed by atoms with van der Waals surface area (Å²) in [6.45, 7) is 0. The summed E-state index contributed by atoms with van der Waals surface area (Å²) in [6.07, 6.45) is 4.73. The summed E-state index contributed by atoms with van der Waals surface area (Å²) in [5.74, 6) is -0.0929. The van der Waals surface area contributed by atoms with Gasteiger partial charge >= 0.3 is 5.97 Å². The molecule has 9 heteroatoms. The third kappa shape index (κ3) is 2.90. The predicted molar refractivity (Wildman–Crippen MR) is 91.2 cm³/mol. The van der Waals surface area contributed by atoms with E-state index in [-0.39, 0.29) is 17.1 Å². The van der Waals surface area contributed by atoms with Crippen LogP contribution in [0.1, 0.15) is 10.4 Å². The predicted octanol–water partition coefficient (Wildman–Crippen LogP) is 2.05. The molecule has 1 aromatic carbocycles. The minimum atomic E-state index is -1.16. The lowest BCUT2D eigenvalue weighted by molar-refractivity contribution is 0.0692. The van der Waals surface area contributed by atoms with E-state index in [4.69, 9.17) is 14.2 Å². The zero-order chi connectivity index (χ0) is 18.7. The quantitative estimate of drug-likeness (QED) is 0.715. The largest absolute Gasteiger partial charge is 0.492 e. The molecule has 0 aliphatic heterocycles. The Kier molecular flexibility index (Phi) is 4.70. The summed E-state index contributed by atoms with van der Waals surface area (Å²) in [5, 5.41) is 13.7. The minimum Gasteiger partial charge on any atom is -0.492 e. The number of hydrogen-bond acceptors (Lipinski definition) is 7. The Balaban J connectivity index is 2.26. The Morgan fingerprint density at radius 1 is 1.04 bits per heavy atom. The van der Waals surface area contributed by atoms with E-state index in [0.717, 1.165) is 0 Å². The molecule has 0 saturated carbocycles. The highest BCUT2D eigenvalue weighted by molar-refractivity contribution is 5.95. The van der Waals surface area contributed by atoms with Gasteiger partial charge in [0.1, 0.15) is 11.9 Å². The first-order valence-corrected chi connectivity index (χ1v) is 7.49. The molecule has 0 unspecified atom stereocenters. The molecule has 0 bridgehead atoms. The van der Waals surface area contributed by atoms with Crippen LogP contribution < -0.4 is 14.2 Å². The lowest BCUT2D eigenvalue weighted by atomic mass is 10.0. The van der Waals surface area contributed by atoms with E-state index in [0.29, 0.717) is 22.8 Å². The average Bonchev–Trinajstić information content (AvgIpc) is 3.20. The highest BCUT2D eigenvalue weighted by Crippen LogP contribution is 2.46. The van der Waals surface area contributed by atoms with Gasteiger partial charge < -0.3 is 19.3 Å². The van der Waals surface area contributed by atoms with Crippen molar-refractivity contribution in [2.45, 2.75) is 0 Å². The summed E-state index contributed by atoms with van der Waals surface area (Å²) in [7, 11) is 4.23. The normalized spacial score (nSPS) is 10.4. The number of aromatic carboxylic acids is 1. The van der Waals surface area contributed by atoms with Gasteiger partial charge in [-0.25, -0.2) is 19.4 Å². The molecule has 0 saturated heterocycles. The average molecular weight is 356 g/mol. The highest BCUT2D eigenvalue weighted by atomic mass is 16.5. The van der Waals surface area contributed by atoms with Crippen LogP contribution in [0.3, 0.4) is 0 Å². The van der Waals surface area contributed by atoms with Crippen LogP contribution in [0.5, 0.6) is 17.2 Å². The van der Waals surface area contributed by atoms with Crippen molar-refractivity contribution in [3.8, 4) is 34.3 Å². The second-order valence-electron chi connectivity index (χ2n) is 5.09. The summed E-state index contributed by atoms with van der Waals surface area (Å²) in [4.78, 5) is 20.1. The fraction of sp³-hybridized carbons (Fsp3) is 0.176. The molecular weight excluding hydrogens is 340 g/mol. The first-order valence-electron chi connectivity index (χ1n) is 7.49. The first kappa shape index (κ1) is 17.2. The summed E-state index contributed by atoms with van der Waals surface area (Å²) < 4.78 is 17.6. The molecule has 1 N–H and O–H groups in total. The zero-order valence-electron chi connectivity index (χ0n) is 14.3. The number of nitrogens with zero attached hydrogens (tertiary/aromatic N) is 4. The zero-order valence-corrected chi connectivity index (χ0v) is 14.3. The van der Waals surface area contributed by atoms with E-state index in [2.05, 4.69) is 15.1 Å². The van der Waals surface area contributed by atoms with Gasteiger partial charge in [-0.2, -0.15) is 5.10 Å². The van der Waals surface area contributed by atoms with Gasteiger partial charge in [-0.05, 0) is 12.1 Å². The number of carboxylic acids is 1. The summed E-state index contributed by atoms with van der Waals surface area (Å²) in [5.41, 5.74) is 0.809. The molecule has 0 amide bonds. The van der Waals surface area contributed by atoms with Gasteiger partial charge in [-0.15, -0.1) is 0 Å². The highest BCUT2D eigenvalue weighted by Gasteiger charge is 2.25. The van der Waals surface area contributed by atoms with Crippen LogP contribution in [0.4, 0.5) is 0 Å². The molecule has 0 spiro atoms. The third-order valence-electron chi connectivity index (χ3n) is 3.70.